The third-order valence-electron chi connectivity index (χ3n) is 3.74. The number of rotatable bonds is 1. The van der Waals surface area contributed by atoms with Gasteiger partial charge in [-0.1, -0.05) is 11.6 Å². The molecular weight excluding hydrogens is 210 g/mol. The Morgan fingerprint density at radius 3 is 2.93 bits per heavy atom. The Labute approximate surface area is 94.4 Å². The highest BCUT2D eigenvalue weighted by atomic mass is 35.5. The zero-order valence-corrected chi connectivity index (χ0v) is 9.37. The van der Waals surface area contributed by atoms with Crippen LogP contribution in [0, 0.1) is 0 Å². The molecule has 2 aliphatic heterocycles. The minimum atomic E-state index is 0.274. The van der Waals surface area contributed by atoms with E-state index in [1.807, 2.05) is 12.1 Å². The van der Waals surface area contributed by atoms with Gasteiger partial charge < -0.3 is 4.90 Å². The molecular formula is C11H14ClN3. The summed E-state index contributed by atoms with van der Waals surface area (Å²) in [6, 6.07) is 3.90. The second-order valence-corrected chi connectivity index (χ2v) is 5.04. The monoisotopic (exact) mass is 223 g/mol. The van der Waals surface area contributed by atoms with Crippen molar-refractivity contribution in [1.82, 2.24) is 15.1 Å². The lowest BCUT2D eigenvalue weighted by atomic mass is 9.78. The molecule has 80 valence electrons. The summed E-state index contributed by atoms with van der Waals surface area (Å²) < 4.78 is 0. The summed E-state index contributed by atoms with van der Waals surface area (Å²) in [5.41, 5.74) is 1.41. The Balaban J connectivity index is 1.95. The fourth-order valence-electron chi connectivity index (χ4n) is 2.93. The van der Waals surface area contributed by atoms with Gasteiger partial charge in [-0.2, -0.15) is 5.10 Å². The molecule has 2 saturated heterocycles. The van der Waals surface area contributed by atoms with Crippen LogP contribution in [0.5, 0.6) is 0 Å². The Morgan fingerprint density at radius 2 is 2.13 bits per heavy atom. The fourth-order valence-corrected chi connectivity index (χ4v) is 3.03. The van der Waals surface area contributed by atoms with E-state index in [2.05, 4.69) is 15.1 Å². The molecule has 2 atom stereocenters. The molecule has 3 heterocycles. The van der Waals surface area contributed by atoms with Crippen LogP contribution in [-0.2, 0) is 5.41 Å². The largest absolute Gasteiger partial charge is 0.302 e. The van der Waals surface area contributed by atoms with Crippen LogP contribution < -0.4 is 0 Å². The number of hydrogen-bond donors (Lipinski definition) is 0. The number of nitrogens with zero attached hydrogens (tertiary/aromatic N) is 3. The van der Waals surface area contributed by atoms with Crippen LogP contribution in [0.2, 0.25) is 5.15 Å². The van der Waals surface area contributed by atoms with E-state index in [0.29, 0.717) is 5.15 Å². The quantitative estimate of drug-likeness (QED) is 0.728. The smallest absolute Gasteiger partial charge is 0.151 e. The van der Waals surface area contributed by atoms with Crippen molar-refractivity contribution in [3.63, 3.8) is 0 Å². The van der Waals surface area contributed by atoms with E-state index in [9.17, 15) is 0 Å². The van der Waals surface area contributed by atoms with Crippen LogP contribution in [0.4, 0.5) is 0 Å². The maximum Gasteiger partial charge on any atom is 0.151 e. The predicted octanol–water partition coefficient (Wildman–Crippen LogP) is 1.87. The molecule has 2 bridgehead atoms. The van der Waals surface area contributed by atoms with E-state index >= 15 is 0 Å². The highest BCUT2D eigenvalue weighted by molar-refractivity contribution is 6.29. The molecule has 0 amide bonds. The summed E-state index contributed by atoms with van der Waals surface area (Å²) in [5, 5.41) is 8.71. The Bertz CT molecular complexity index is 361. The molecule has 0 aliphatic carbocycles. The lowest BCUT2D eigenvalue weighted by molar-refractivity contribution is 0.239. The molecule has 3 rings (SSSR count). The van der Waals surface area contributed by atoms with E-state index in [1.165, 1.54) is 32.4 Å². The number of aromatic nitrogens is 2. The van der Waals surface area contributed by atoms with Crippen LogP contribution in [0.15, 0.2) is 12.1 Å². The first kappa shape index (κ1) is 9.55. The summed E-state index contributed by atoms with van der Waals surface area (Å²) in [6.45, 7) is 3.62. The molecule has 1 unspecified atom stereocenters. The van der Waals surface area contributed by atoms with Gasteiger partial charge >= 0.3 is 0 Å². The molecule has 1 aromatic rings. The molecule has 2 fully saturated rings. The zero-order valence-electron chi connectivity index (χ0n) is 8.62. The molecule has 0 aromatic carbocycles. The van der Waals surface area contributed by atoms with Crippen LogP contribution in [0.1, 0.15) is 25.0 Å². The molecule has 1 aromatic heterocycles. The minimum Gasteiger partial charge on any atom is -0.302 e. The van der Waals surface area contributed by atoms with Crippen molar-refractivity contribution in [2.45, 2.75) is 24.7 Å². The average Bonchev–Trinajstić information content (AvgIpc) is 2.56. The maximum absolute atomic E-state index is 5.77. The van der Waals surface area contributed by atoms with Gasteiger partial charge in [-0.15, -0.1) is 5.10 Å². The molecule has 3 nitrogen and oxygen atoms in total. The minimum absolute atomic E-state index is 0.274. The summed E-state index contributed by atoms with van der Waals surface area (Å²) in [7, 11) is 0. The number of halogens is 1. The molecule has 0 saturated carbocycles. The molecule has 2 aliphatic rings. The van der Waals surface area contributed by atoms with Crippen LogP contribution >= 0.6 is 11.6 Å². The van der Waals surface area contributed by atoms with Crippen molar-refractivity contribution in [2.24, 2.45) is 0 Å². The van der Waals surface area contributed by atoms with Gasteiger partial charge in [-0.25, -0.2) is 0 Å². The van der Waals surface area contributed by atoms with Crippen LogP contribution in [0.25, 0.3) is 0 Å². The zero-order chi connectivity index (χ0) is 10.3. The van der Waals surface area contributed by atoms with Crippen molar-refractivity contribution in [3.05, 3.63) is 23.0 Å². The van der Waals surface area contributed by atoms with Gasteiger partial charge in [-0.05, 0) is 44.5 Å². The van der Waals surface area contributed by atoms with Gasteiger partial charge in [0.2, 0.25) is 0 Å². The first-order chi connectivity index (χ1) is 7.28. The van der Waals surface area contributed by atoms with E-state index < -0.39 is 0 Å². The normalized spacial score (nSPS) is 34.3. The third kappa shape index (κ3) is 1.54. The lowest BCUT2D eigenvalue weighted by Crippen LogP contribution is -2.37. The number of piperidine rings is 1. The predicted molar refractivity (Wildman–Crippen MR) is 59.0 cm³/mol. The van der Waals surface area contributed by atoms with Gasteiger partial charge in [0.25, 0.3) is 0 Å². The van der Waals surface area contributed by atoms with Crippen LogP contribution in [-0.4, -0.2) is 34.7 Å². The topological polar surface area (TPSA) is 29.0 Å². The fraction of sp³-hybridized carbons (Fsp3) is 0.636. The van der Waals surface area contributed by atoms with Gasteiger partial charge in [0.15, 0.2) is 5.15 Å². The summed E-state index contributed by atoms with van der Waals surface area (Å²) in [4.78, 5) is 2.53. The van der Waals surface area contributed by atoms with E-state index in [0.717, 1.165) is 12.2 Å². The van der Waals surface area contributed by atoms with Crippen molar-refractivity contribution in [3.8, 4) is 0 Å². The maximum atomic E-state index is 5.77. The third-order valence-corrected chi connectivity index (χ3v) is 3.94. The summed E-state index contributed by atoms with van der Waals surface area (Å²) in [5.74, 6) is 0. The number of hydrogen-bond acceptors (Lipinski definition) is 3. The molecule has 0 radical (unpaired) electrons. The second kappa shape index (κ2) is 3.42. The van der Waals surface area contributed by atoms with Crippen molar-refractivity contribution < 1.29 is 0 Å². The summed E-state index contributed by atoms with van der Waals surface area (Å²) in [6.07, 6.45) is 3.76. The number of fused-ring (bicyclic) bond motifs is 2. The summed E-state index contributed by atoms with van der Waals surface area (Å²) >= 11 is 5.77. The SMILES string of the molecule is Clc1ccc([C@@]23CCCN(CC2)C3)nn1. The van der Waals surface area contributed by atoms with Gasteiger partial charge in [0.1, 0.15) is 0 Å². The standard InChI is InChI=1S/C11H14ClN3/c12-10-3-2-9(13-14-10)11-4-1-6-15(8-11)7-5-11/h2-3H,1,4-8H2/t11-/m0/s1. The highest BCUT2D eigenvalue weighted by Crippen LogP contribution is 2.40. The molecule has 0 N–H and O–H groups in total. The van der Waals surface area contributed by atoms with Gasteiger partial charge in [0, 0.05) is 12.0 Å². The van der Waals surface area contributed by atoms with Crippen LogP contribution in [0.3, 0.4) is 0 Å². The first-order valence-corrected chi connectivity index (χ1v) is 5.88. The molecule has 4 heteroatoms. The molecule has 15 heavy (non-hydrogen) atoms. The average molecular weight is 224 g/mol. The van der Waals surface area contributed by atoms with Crippen molar-refractivity contribution in [1.29, 1.82) is 0 Å². The Morgan fingerprint density at radius 1 is 1.20 bits per heavy atom. The van der Waals surface area contributed by atoms with Gasteiger partial charge in [0.05, 0.1) is 5.69 Å². The molecule has 0 spiro atoms. The van der Waals surface area contributed by atoms with E-state index in [4.69, 9.17) is 11.6 Å². The van der Waals surface area contributed by atoms with Crippen molar-refractivity contribution >= 4 is 11.6 Å². The Kier molecular flexibility index (Phi) is 2.18. The lowest BCUT2D eigenvalue weighted by Gasteiger charge is -2.32. The highest BCUT2D eigenvalue weighted by Gasteiger charge is 2.43. The van der Waals surface area contributed by atoms with Crippen molar-refractivity contribution in [2.75, 3.05) is 19.6 Å². The van der Waals surface area contributed by atoms with Gasteiger partial charge in [-0.3, -0.25) is 0 Å². The second-order valence-electron chi connectivity index (χ2n) is 4.65. The first-order valence-electron chi connectivity index (χ1n) is 5.51. The van der Waals surface area contributed by atoms with E-state index in [1.54, 1.807) is 0 Å². The van der Waals surface area contributed by atoms with E-state index in [-0.39, 0.29) is 5.41 Å². The Hall–Kier alpha value is -0.670.